The second kappa shape index (κ2) is 5.83. The molecule has 2 saturated heterocycles. The van der Waals surface area contributed by atoms with Gasteiger partial charge in [0.1, 0.15) is 0 Å². The van der Waals surface area contributed by atoms with Crippen LogP contribution in [0.5, 0.6) is 0 Å². The first-order valence-electron chi connectivity index (χ1n) is 7.63. The number of rotatable bonds is 2. The molecule has 1 aromatic carbocycles. The fourth-order valence-corrected chi connectivity index (χ4v) is 3.32. The standard InChI is InChI=1S/C16H23N3O/c17-14-6-4-13(5-7-14)16(20)19-11-8-15(12-19)18-9-2-1-3-10-18/h4-7,15H,1-3,8-12,17H2. The van der Waals surface area contributed by atoms with Crippen molar-refractivity contribution in [3.05, 3.63) is 29.8 Å². The van der Waals surface area contributed by atoms with Gasteiger partial charge in [-0.3, -0.25) is 9.69 Å². The van der Waals surface area contributed by atoms with Gasteiger partial charge in [0.05, 0.1) is 0 Å². The topological polar surface area (TPSA) is 49.6 Å². The van der Waals surface area contributed by atoms with E-state index in [1.54, 1.807) is 12.1 Å². The third-order valence-electron chi connectivity index (χ3n) is 4.52. The van der Waals surface area contributed by atoms with Gasteiger partial charge >= 0.3 is 0 Å². The Morgan fingerprint density at radius 3 is 2.45 bits per heavy atom. The molecule has 0 bridgehead atoms. The van der Waals surface area contributed by atoms with Crippen LogP contribution in [-0.4, -0.2) is 47.9 Å². The molecule has 2 fully saturated rings. The number of benzene rings is 1. The van der Waals surface area contributed by atoms with Gasteiger partial charge in [-0.15, -0.1) is 0 Å². The highest BCUT2D eigenvalue weighted by Gasteiger charge is 2.31. The Kier molecular flexibility index (Phi) is 3.92. The summed E-state index contributed by atoms with van der Waals surface area (Å²) < 4.78 is 0. The normalized spacial score (nSPS) is 24.0. The molecule has 2 aliphatic rings. The number of carbonyl (C=O) groups is 1. The Hall–Kier alpha value is -1.55. The summed E-state index contributed by atoms with van der Waals surface area (Å²) in [5, 5.41) is 0. The second-order valence-electron chi connectivity index (χ2n) is 5.91. The lowest BCUT2D eigenvalue weighted by molar-refractivity contribution is 0.0771. The fraction of sp³-hybridized carbons (Fsp3) is 0.562. The van der Waals surface area contributed by atoms with Gasteiger partial charge in [-0.25, -0.2) is 0 Å². The summed E-state index contributed by atoms with van der Waals surface area (Å²) in [6.07, 6.45) is 5.09. The highest BCUT2D eigenvalue weighted by molar-refractivity contribution is 5.94. The van der Waals surface area contributed by atoms with Crippen molar-refractivity contribution in [3.8, 4) is 0 Å². The summed E-state index contributed by atoms with van der Waals surface area (Å²) in [4.78, 5) is 17.0. The van der Waals surface area contributed by atoms with Crippen LogP contribution in [0.25, 0.3) is 0 Å². The molecule has 0 radical (unpaired) electrons. The number of anilines is 1. The lowest BCUT2D eigenvalue weighted by atomic mass is 10.1. The van der Waals surface area contributed by atoms with Gasteiger partial charge in [0, 0.05) is 30.4 Å². The van der Waals surface area contributed by atoms with Crippen LogP contribution in [0.2, 0.25) is 0 Å². The van der Waals surface area contributed by atoms with E-state index in [0.717, 1.165) is 25.1 Å². The lowest BCUT2D eigenvalue weighted by Gasteiger charge is -2.32. The number of hydrogen-bond acceptors (Lipinski definition) is 3. The molecule has 1 unspecified atom stereocenters. The Labute approximate surface area is 120 Å². The van der Waals surface area contributed by atoms with Gasteiger partial charge in [-0.2, -0.15) is 0 Å². The number of nitrogens with zero attached hydrogens (tertiary/aromatic N) is 2. The van der Waals surface area contributed by atoms with E-state index in [0.29, 0.717) is 11.7 Å². The maximum absolute atomic E-state index is 12.5. The molecular formula is C16H23N3O. The third kappa shape index (κ3) is 2.80. The van der Waals surface area contributed by atoms with Crippen molar-refractivity contribution in [1.29, 1.82) is 0 Å². The average Bonchev–Trinajstić information content (AvgIpc) is 2.98. The zero-order valence-electron chi connectivity index (χ0n) is 11.9. The van der Waals surface area contributed by atoms with E-state index in [2.05, 4.69) is 4.90 Å². The van der Waals surface area contributed by atoms with Crippen LogP contribution in [-0.2, 0) is 0 Å². The molecule has 2 aliphatic heterocycles. The van der Waals surface area contributed by atoms with Crippen LogP contribution in [0, 0.1) is 0 Å². The number of piperidine rings is 1. The predicted octanol–water partition coefficient (Wildman–Crippen LogP) is 1.97. The molecule has 0 spiro atoms. The molecular weight excluding hydrogens is 250 g/mol. The Morgan fingerprint density at radius 2 is 1.75 bits per heavy atom. The number of nitrogen functional groups attached to an aromatic ring is 1. The first-order valence-corrected chi connectivity index (χ1v) is 7.63. The largest absolute Gasteiger partial charge is 0.399 e. The molecule has 4 nitrogen and oxygen atoms in total. The fourth-order valence-electron chi connectivity index (χ4n) is 3.32. The average molecular weight is 273 g/mol. The molecule has 2 heterocycles. The first kappa shape index (κ1) is 13.4. The molecule has 0 aliphatic carbocycles. The van der Waals surface area contributed by atoms with Crippen LogP contribution in [0.15, 0.2) is 24.3 Å². The number of amides is 1. The molecule has 20 heavy (non-hydrogen) atoms. The van der Waals surface area contributed by atoms with Gasteiger partial charge in [0.25, 0.3) is 5.91 Å². The summed E-state index contributed by atoms with van der Waals surface area (Å²) in [6.45, 7) is 4.16. The zero-order chi connectivity index (χ0) is 13.9. The minimum absolute atomic E-state index is 0.143. The minimum atomic E-state index is 0.143. The quantitative estimate of drug-likeness (QED) is 0.838. The van der Waals surface area contributed by atoms with Crippen molar-refractivity contribution < 1.29 is 4.79 Å². The van der Waals surface area contributed by atoms with Crippen molar-refractivity contribution in [1.82, 2.24) is 9.80 Å². The third-order valence-corrected chi connectivity index (χ3v) is 4.52. The van der Waals surface area contributed by atoms with Crippen molar-refractivity contribution >= 4 is 11.6 Å². The van der Waals surface area contributed by atoms with Crippen LogP contribution in [0.4, 0.5) is 5.69 Å². The zero-order valence-corrected chi connectivity index (χ0v) is 11.9. The Balaban J connectivity index is 1.61. The van der Waals surface area contributed by atoms with Gasteiger partial charge in [0.15, 0.2) is 0 Å². The van der Waals surface area contributed by atoms with E-state index in [1.165, 1.54) is 32.4 Å². The minimum Gasteiger partial charge on any atom is -0.399 e. The van der Waals surface area contributed by atoms with Crippen LogP contribution in [0.1, 0.15) is 36.0 Å². The van der Waals surface area contributed by atoms with E-state index < -0.39 is 0 Å². The molecule has 108 valence electrons. The van der Waals surface area contributed by atoms with Gasteiger partial charge in [-0.1, -0.05) is 6.42 Å². The summed E-state index contributed by atoms with van der Waals surface area (Å²) in [5.74, 6) is 0.143. The highest BCUT2D eigenvalue weighted by Crippen LogP contribution is 2.21. The first-order chi connectivity index (χ1) is 9.74. The number of nitrogens with two attached hydrogens (primary N) is 1. The van der Waals surface area contributed by atoms with E-state index in [1.807, 2.05) is 17.0 Å². The van der Waals surface area contributed by atoms with Crippen molar-refractivity contribution in [2.24, 2.45) is 0 Å². The van der Waals surface area contributed by atoms with Crippen LogP contribution >= 0.6 is 0 Å². The molecule has 3 rings (SSSR count). The SMILES string of the molecule is Nc1ccc(C(=O)N2CCC(N3CCCCC3)C2)cc1. The summed E-state index contributed by atoms with van der Waals surface area (Å²) in [5.41, 5.74) is 7.12. The van der Waals surface area contributed by atoms with Crippen LogP contribution in [0.3, 0.4) is 0 Å². The Bertz CT molecular complexity index is 465. The molecule has 4 heteroatoms. The maximum Gasteiger partial charge on any atom is 0.253 e. The molecule has 0 aromatic heterocycles. The second-order valence-corrected chi connectivity index (χ2v) is 5.91. The van der Waals surface area contributed by atoms with E-state index in [4.69, 9.17) is 5.73 Å². The molecule has 2 N–H and O–H groups in total. The Morgan fingerprint density at radius 1 is 1.05 bits per heavy atom. The molecule has 0 saturated carbocycles. The van der Waals surface area contributed by atoms with E-state index in [-0.39, 0.29) is 5.91 Å². The summed E-state index contributed by atoms with van der Waals surface area (Å²) in [6, 6.07) is 7.81. The van der Waals surface area contributed by atoms with Crippen molar-refractivity contribution in [2.75, 3.05) is 31.9 Å². The van der Waals surface area contributed by atoms with Crippen LogP contribution < -0.4 is 5.73 Å². The van der Waals surface area contributed by atoms with E-state index >= 15 is 0 Å². The number of likely N-dealkylation sites (tertiary alicyclic amines) is 2. The molecule has 1 atom stereocenters. The maximum atomic E-state index is 12.5. The number of carbonyl (C=O) groups excluding carboxylic acids is 1. The summed E-state index contributed by atoms with van der Waals surface area (Å²) >= 11 is 0. The highest BCUT2D eigenvalue weighted by atomic mass is 16.2. The number of hydrogen-bond donors (Lipinski definition) is 1. The summed E-state index contributed by atoms with van der Waals surface area (Å²) in [7, 11) is 0. The van der Waals surface area contributed by atoms with E-state index in [9.17, 15) is 4.79 Å². The van der Waals surface area contributed by atoms with Gasteiger partial charge in [0.2, 0.25) is 0 Å². The predicted molar refractivity (Wildman–Crippen MR) is 80.6 cm³/mol. The monoisotopic (exact) mass is 273 g/mol. The van der Waals surface area contributed by atoms with Gasteiger partial charge in [-0.05, 0) is 56.6 Å². The molecule has 1 amide bonds. The lowest BCUT2D eigenvalue weighted by Crippen LogP contribution is -2.41. The molecule has 1 aromatic rings. The smallest absolute Gasteiger partial charge is 0.253 e. The van der Waals surface area contributed by atoms with Crippen molar-refractivity contribution in [2.45, 2.75) is 31.7 Å². The van der Waals surface area contributed by atoms with Gasteiger partial charge < -0.3 is 10.6 Å². The van der Waals surface area contributed by atoms with Crippen molar-refractivity contribution in [3.63, 3.8) is 0 Å².